The quantitative estimate of drug-likeness (QED) is 0.662. The van der Waals surface area contributed by atoms with Gasteiger partial charge in [0.1, 0.15) is 16.4 Å². The maximum Gasteiger partial charge on any atom is 0.247 e. The second kappa shape index (κ2) is 7.33. The van der Waals surface area contributed by atoms with Crippen molar-refractivity contribution in [1.82, 2.24) is 8.87 Å². The van der Waals surface area contributed by atoms with Gasteiger partial charge in [-0.3, -0.25) is 0 Å². The lowest BCUT2D eigenvalue weighted by Crippen LogP contribution is -2.42. The first-order valence-corrected chi connectivity index (χ1v) is 10.4. The molecule has 0 radical (unpaired) electrons. The predicted molar refractivity (Wildman–Crippen MR) is 106 cm³/mol. The van der Waals surface area contributed by atoms with Crippen LogP contribution in [-0.2, 0) is 16.6 Å². The first-order chi connectivity index (χ1) is 13.6. The Balaban J connectivity index is 1.85. The summed E-state index contributed by atoms with van der Waals surface area (Å²) in [4.78, 5) is 0.136. The molecule has 0 aliphatic carbocycles. The Morgan fingerprint density at radius 3 is 2.43 bits per heavy atom. The smallest absolute Gasteiger partial charge is 0.247 e. The van der Waals surface area contributed by atoms with Crippen LogP contribution in [0.4, 0.5) is 0 Å². The SMILES string of the molecule is COc1ccc(S(=O)(=O)N2CCn3cccc3C2c2ccccc2)c(OC)c1. The number of nitrogens with zero attached hydrogens (tertiary/aromatic N) is 2. The van der Waals surface area contributed by atoms with Crippen molar-refractivity contribution < 1.29 is 17.9 Å². The highest BCUT2D eigenvalue weighted by Crippen LogP contribution is 2.39. The van der Waals surface area contributed by atoms with E-state index in [4.69, 9.17) is 9.47 Å². The zero-order valence-electron chi connectivity index (χ0n) is 15.8. The van der Waals surface area contributed by atoms with Crippen molar-refractivity contribution in [3.8, 4) is 11.5 Å². The van der Waals surface area contributed by atoms with Crippen molar-refractivity contribution in [3.63, 3.8) is 0 Å². The van der Waals surface area contributed by atoms with Gasteiger partial charge in [-0.25, -0.2) is 8.42 Å². The summed E-state index contributed by atoms with van der Waals surface area (Å²) in [6.07, 6.45) is 1.99. The molecule has 0 amide bonds. The Morgan fingerprint density at radius 1 is 0.929 bits per heavy atom. The third-order valence-electron chi connectivity index (χ3n) is 5.07. The van der Waals surface area contributed by atoms with Gasteiger partial charge in [0.2, 0.25) is 10.0 Å². The monoisotopic (exact) mass is 398 g/mol. The van der Waals surface area contributed by atoms with Gasteiger partial charge in [-0.1, -0.05) is 30.3 Å². The molecular weight excluding hydrogens is 376 g/mol. The molecule has 0 N–H and O–H groups in total. The summed E-state index contributed by atoms with van der Waals surface area (Å²) in [6.45, 7) is 0.974. The van der Waals surface area contributed by atoms with Gasteiger partial charge in [0.15, 0.2) is 0 Å². The molecule has 7 heteroatoms. The van der Waals surface area contributed by atoms with Gasteiger partial charge >= 0.3 is 0 Å². The summed E-state index contributed by atoms with van der Waals surface area (Å²) in [5.74, 6) is 0.815. The maximum atomic E-state index is 13.7. The van der Waals surface area contributed by atoms with Gasteiger partial charge in [-0.15, -0.1) is 0 Å². The van der Waals surface area contributed by atoms with Crippen LogP contribution in [0.5, 0.6) is 11.5 Å². The van der Waals surface area contributed by atoms with Crippen LogP contribution < -0.4 is 9.47 Å². The molecule has 1 aromatic heterocycles. The lowest BCUT2D eigenvalue weighted by Gasteiger charge is -2.36. The standard InChI is InChI=1S/C21H22N2O4S/c1-26-17-10-11-20(19(15-17)27-2)28(24,25)23-14-13-22-12-6-9-18(22)21(23)16-7-4-3-5-8-16/h3-12,15,21H,13-14H2,1-2H3. The molecule has 4 rings (SSSR count). The van der Waals surface area contributed by atoms with Gasteiger partial charge in [-0.2, -0.15) is 4.31 Å². The van der Waals surface area contributed by atoms with Gasteiger partial charge in [-0.05, 0) is 29.8 Å². The zero-order valence-corrected chi connectivity index (χ0v) is 16.6. The molecule has 0 fully saturated rings. The first-order valence-electron chi connectivity index (χ1n) is 9.00. The third kappa shape index (κ3) is 3.06. The molecule has 2 aromatic carbocycles. The Morgan fingerprint density at radius 2 is 1.71 bits per heavy atom. The van der Waals surface area contributed by atoms with Gasteiger partial charge < -0.3 is 14.0 Å². The zero-order chi connectivity index (χ0) is 19.7. The molecule has 0 saturated carbocycles. The molecule has 1 unspecified atom stereocenters. The van der Waals surface area contributed by atoms with Crippen molar-refractivity contribution in [3.05, 3.63) is 78.1 Å². The molecule has 1 aliphatic heterocycles. The van der Waals surface area contributed by atoms with Crippen molar-refractivity contribution in [2.45, 2.75) is 17.5 Å². The highest BCUT2D eigenvalue weighted by molar-refractivity contribution is 7.89. The molecule has 1 aliphatic rings. The fraction of sp³-hybridized carbons (Fsp3) is 0.238. The van der Waals surface area contributed by atoms with Crippen LogP contribution in [0.25, 0.3) is 0 Å². The molecule has 3 aromatic rings. The van der Waals surface area contributed by atoms with E-state index >= 15 is 0 Å². The molecule has 146 valence electrons. The minimum absolute atomic E-state index is 0.136. The molecule has 0 saturated heterocycles. The van der Waals surface area contributed by atoms with Gasteiger partial charge in [0.25, 0.3) is 0 Å². The van der Waals surface area contributed by atoms with Crippen LogP contribution in [0.2, 0.25) is 0 Å². The Hall–Kier alpha value is -2.77. The van der Waals surface area contributed by atoms with Crippen molar-refractivity contribution in [1.29, 1.82) is 0 Å². The number of sulfonamides is 1. The normalized spacial score (nSPS) is 17.1. The van der Waals surface area contributed by atoms with E-state index in [1.807, 2.05) is 48.7 Å². The summed E-state index contributed by atoms with van der Waals surface area (Å²) < 4.78 is 41.6. The maximum absolute atomic E-state index is 13.7. The van der Waals surface area contributed by atoms with E-state index in [2.05, 4.69) is 4.57 Å². The van der Waals surface area contributed by atoms with E-state index in [0.29, 0.717) is 18.8 Å². The number of hydrogen-bond acceptors (Lipinski definition) is 4. The van der Waals surface area contributed by atoms with Crippen LogP contribution in [0.15, 0.2) is 71.8 Å². The van der Waals surface area contributed by atoms with E-state index in [9.17, 15) is 8.42 Å². The number of rotatable bonds is 5. The second-order valence-corrected chi connectivity index (χ2v) is 8.43. The van der Waals surface area contributed by atoms with Crippen LogP contribution in [0.3, 0.4) is 0 Å². The summed E-state index contributed by atoms with van der Waals surface area (Å²) in [5, 5.41) is 0. The molecule has 0 spiro atoms. The van der Waals surface area contributed by atoms with Crippen molar-refractivity contribution in [2.24, 2.45) is 0 Å². The van der Waals surface area contributed by atoms with Crippen molar-refractivity contribution >= 4 is 10.0 Å². The van der Waals surface area contributed by atoms with E-state index in [0.717, 1.165) is 11.3 Å². The fourth-order valence-electron chi connectivity index (χ4n) is 3.71. The summed E-state index contributed by atoms with van der Waals surface area (Å²) >= 11 is 0. The number of methoxy groups -OCH3 is 2. The van der Waals surface area contributed by atoms with Gasteiger partial charge in [0.05, 0.1) is 20.3 Å². The number of aromatic nitrogens is 1. The Bertz CT molecular complexity index is 1080. The van der Waals surface area contributed by atoms with Crippen LogP contribution in [0.1, 0.15) is 17.3 Å². The summed E-state index contributed by atoms with van der Waals surface area (Å²) in [5.41, 5.74) is 1.88. The summed E-state index contributed by atoms with van der Waals surface area (Å²) in [6, 6.07) is 18.0. The highest BCUT2D eigenvalue weighted by atomic mass is 32.2. The number of hydrogen-bond donors (Lipinski definition) is 0. The minimum atomic E-state index is -3.81. The van der Waals surface area contributed by atoms with E-state index in [1.165, 1.54) is 14.2 Å². The largest absolute Gasteiger partial charge is 0.497 e. The Labute approximate surface area is 165 Å². The lowest BCUT2D eigenvalue weighted by molar-refractivity contribution is 0.296. The van der Waals surface area contributed by atoms with E-state index in [-0.39, 0.29) is 10.6 Å². The number of benzene rings is 2. The minimum Gasteiger partial charge on any atom is -0.497 e. The van der Waals surface area contributed by atoms with Crippen molar-refractivity contribution in [2.75, 3.05) is 20.8 Å². The molecule has 28 heavy (non-hydrogen) atoms. The molecule has 1 atom stereocenters. The molecule has 6 nitrogen and oxygen atoms in total. The molecule has 2 heterocycles. The fourth-order valence-corrected chi connectivity index (χ4v) is 5.43. The lowest BCUT2D eigenvalue weighted by atomic mass is 10.0. The topological polar surface area (TPSA) is 60.8 Å². The average Bonchev–Trinajstić information content (AvgIpc) is 3.22. The van der Waals surface area contributed by atoms with E-state index < -0.39 is 16.1 Å². The van der Waals surface area contributed by atoms with Crippen LogP contribution in [-0.4, -0.2) is 38.1 Å². The van der Waals surface area contributed by atoms with Crippen LogP contribution >= 0.6 is 0 Å². The number of ether oxygens (including phenoxy) is 2. The van der Waals surface area contributed by atoms with Gasteiger partial charge in [0, 0.05) is 31.0 Å². The predicted octanol–water partition coefficient (Wildman–Crippen LogP) is 3.30. The highest BCUT2D eigenvalue weighted by Gasteiger charge is 2.38. The Kier molecular flexibility index (Phi) is 4.87. The van der Waals surface area contributed by atoms with E-state index in [1.54, 1.807) is 22.5 Å². The average molecular weight is 398 g/mol. The van der Waals surface area contributed by atoms with Crippen LogP contribution in [0, 0.1) is 0 Å². The molecular formula is C21H22N2O4S. The first kappa shape index (κ1) is 18.6. The molecule has 0 bridgehead atoms. The summed E-state index contributed by atoms with van der Waals surface area (Å²) in [7, 11) is -0.811. The second-order valence-electron chi connectivity index (χ2n) is 6.57. The third-order valence-corrected chi connectivity index (χ3v) is 6.97. The number of fused-ring (bicyclic) bond motifs is 1.